The minimum Gasteiger partial charge on any atom is -0.496 e. The van der Waals surface area contributed by atoms with Gasteiger partial charge in [-0.1, -0.05) is 12.1 Å². The van der Waals surface area contributed by atoms with Crippen LogP contribution < -0.4 is 15.4 Å². The lowest BCUT2D eigenvalue weighted by Gasteiger charge is -2.11. The quantitative estimate of drug-likeness (QED) is 0.869. The van der Waals surface area contributed by atoms with Crippen molar-refractivity contribution >= 4 is 22.2 Å². The van der Waals surface area contributed by atoms with Crippen LogP contribution in [0.2, 0.25) is 0 Å². The van der Waals surface area contributed by atoms with E-state index in [-0.39, 0.29) is 17.7 Å². The number of nitriles is 1. The minimum atomic E-state index is -0.0613. The lowest BCUT2D eigenvalue weighted by molar-refractivity contribution is -0.117. The summed E-state index contributed by atoms with van der Waals surface area (Å²) in [7, 11) is 1.67. The van der Waals surface area contributed by atoms with Crippen LogP contribution in [0.3, 0.4) is 0 Å². The zero-order valence-corrected chi connectivity index (χ0v) is 15.7. The SMILES string of the molecule is COc1cccc(C)c1C1CC1C(=O)Nc1sc2c(c1C#N)CCNC2. The second-order valence-corrected chi connectivity index (χ2v) is 7.98. The number of carbonyl (C=O) groups excluding carboxylic acids is 1. The number of ether oxygens (including phenoxy) is 1. The second-order valence-electron chi connectivity index (χ2n) is 6.88. The Bertz CT molecular complexity index is 913. The summed E-state index contributed by atoms with van der Waals surface area (Å²) in [5.41, 5.74) is 4.02. The Hall–Kier alpha value is -2.36. The fourth-order valence-corrected chi connectivity index (χ4v) is 5.03. The molecule has 134 valence electrons. The smallest absolute Gasteiger partial charge is 0.228 e. The van der Waals surface area contributed by atoms with E-state index in [1.807, 2.05) is 12.1 Å². The van der Waals surface area contributed by atoms with Crippen molar-refractivity contribution in [3.05, 3.63) is 45.3 Å². The van der Waals surface area contributed by atoms with E-state index in [9.17, 15) is 10.1 Å². The summed E-state index contributed by atoms with van der Waals surface area (Å²) in [6.45, 7) is 3.71. The number of hydrogen-bond acceptors (Lipinski definition) is 5. The Labute approximate surface area is 157 Å². The van der Waals surface area contributed by atoms with Crippen molar-refractivity contribution in [2.45, 2.75) is 32.2 Å². The highest BCUT2D eigenvalue weighted by molar-refractivity contribution is 7.16. The van der Waals surface area contributed by atoms with Crippen LogP contribution in [0.25, 0.3) is 0 Å². The van der Waals surface area contributed by atoms with Crippen molar-refractivity contribution < 1.29 is 9.53 Å². The Kier molecular flexibility index (Phi) is 4.43. The molecule has 2 heterocycles. The highest BCUT2D eigenvalue weighted by atomic mass is 32.1. The molecule has 1 aliphatic heterocycles. The first-order valence-electron chi connectivity index (χ1n) is 8.83. The molecule has 1 aliphatic carbocycles. The normalized spacial score (nSPS) is 20.8. The molecule has 2 aromatic rings. The van der Waals surface area contributed by atoms with Gasteiger partial charge in [0, 0.05) is 28.8 Å². The molecule has 6 heteroatoms. The van der Waals surface area contributed by atoms with Crippen molar-refractivity contribution in [1.29, 1.82) is 5.26 Å². The van der Waals surface area contributed by atoms with E-state index in [0.29, 0.717) is 10.6 Å². The lowest BCUT2D eigenvalue weighted by Crippen LogP contribution is -2.22. The average Bonchev–Trinajstić information content (AvgIpc) is 3.36. The molecule has 1 saturated carbocycles. The van der Waals surface area contributed by atoms with Crippen molar-refractivity contribution in [2.24, 2.45) is 5.92 Å². The standard InChI is InChI=1S/C20H21N3O2S/c1-11-4-3-5-16(25-2)18(11)13-8-14(13)19(24)23-20-15(9-21)12-6-7-22-10-17(12)26-20/h3-5,13-14,22H,6-8,10H2,1-2H3,(H,23,24). The third-order valence-corrected chi connectivity index (χ3v) is 6.43. The van der Waals surface area contributed by atoms with Gasteiger partial charge in [0.2, 0.25) is 5.91 Å². The Balaban J connectivity index is 1.53. The summed E-state index contributed by atoms with van der Waals surface area (Å²) in [6, 6.07) is 8.26. The zero-order chi connectivity index (χ0) is 18.3. The fraction of sp³-hybridized carbons (Fsp3) is 0.400. The maximum absolute atomic E-state index is 12.8. The number of nitrogens with one attached hydrogen (secondary N) is 2. The van der Waals surface area contributed by atoms with E-state index in [1.54, 1.807) is 7.11 Å². The third-order valence-electron chi connectivity index (χ3n) is 5.28. The number of methoxy groups -OCH3 is 1. The first-order valence-corrected chi connectivity index (χ1v) is 9.65. The molecule has 0 saturated heterocycles. The molecular formula is C20H21N3O2S. The zero-order valence-electron chi connectivity index (χ0n) is 14.9. The van der Waals surface area contributed by atoms with Crippen LogP contribution in [-0.4, -0.2) is 19.6 Å². The molecule has 2 atom stereocenters. The van der Waals surface area contributed by atoms with Gasteiger partial charge in [-0.05, 0) is 43.5 Å². The van der Waals surface area contributed by atoms with E-state index >= 15 is 0 Å². The molecule has 26 heavy (non-hydrogen) atoms. The van der Waals surface area contributed by atoms with Crippen molar-refractivity contribution in [3.63, 3.8) is 0 Å². The number of anilines is 1. The lowest BCUT2D eigenvalue weighted by atomic mass is 10.0. The second kappa shape index (κ2) is 6.75. The van der Waals surface area contributed by atoms with Crippen molar-refractivity contribution in [2.75, 3.05) is 19.0 Å². The predicted molar refractivity (Wildman–Crippen MR) is 102 cm³/mol. The molecule has 2 N–H and O–H groups in total. The maximum Gasteiger partial charge on any atom is 0.228 e. The predicted octanol–water partition coefficient (Wildman–Crippen LogP) is 3.32. The average molecular weight is 367 g/mol. The van der Waals surface area contributed by atoms with Crippen LogP contribution in [0, 0.1) is 24.2 Å². The maximum atomic E-state index is 12.8. The molecule has 5 nitrogen and oxygen atoms in total. The molecule has 4 rings (SSSR count). The van der Waals surface area contributed by atoms with Gasteiger partial charge in [0.05, 0.1) is 12.7 Å². The van der Waals surface area contributed by atoms with Crippen LogP contribution in [-0.2, 0) is 17.8 Å². The number of carbonyl (C=O) groups is 1. The van der Waals surface area contributed by atoms with E-state index in [1.165, 1.54) is 11.3 Å². The van der Waals surface area contributed by atoms with Crippen LogP contribution in [0.5, 0.6) is 5.75 Å². The summed E-state index contributed by atoms with van der Waals surface area (Å²) in [5.74, 6) is 0.978. The molecule has 1 fully saturated rings. The molecular weight excluding hydrogens is 346 g/mol. The highest BCUT2D eigenvalue weighted by Crippen LogP contribution is 2.52. The summed E-state index contributed by atoms with van der Waals surface area (Å²) in [5, 5.41) is 16.6. The Morgan fingerprint density at radius 2 is 2.31 bits per heavy atom. The highest BCUT2D eigenvalue weighted by Gasteiger charge is 2.46. The molecule has 0 bridgehead atoms. The number of hydrogen-bond donors (Lipinski definition) is 2. The number of rotatable bonds is 4. The molecule has 0 spiro atoms. The number of aryl methyl sites for hydroxylation is 1. The number of amides is 1. The third kappa shape index (κ3) is 2.87. The number of benzene rings is 1. The van der Waals surface area contributed by atoms with Crippen molar-refractivity contribution in [3.8, 4) is 11.8 Å². The largest absolute Gasteiger partial charge is 0.496 e. The van der Waals surface area contributed by atoms with Gasteiger partial charge in [-0.2, -0.15) is 5.26 Å². The molecule has 2 aliphatic rings. The summed E-state index contributed by atoms with van der Waals surface area (Å²) >= 11 is 1.53. The van der Waals surface area contributed by atoms with Gasteiger partial charge in [0.15, 0.2) is 0 Å². The van der Waals surface area contributed by atoms with E-state index in [0.717, 1.165) is 53.2 Å². The van der Waals surface area contributed by atoms with E-state index < -0.39 is 0 Å². The molecule has 2 unspecified atom stereocenters. The van der Waals surface area contributed by atoms with Gasteiger partial charge < -0.3 is 15.4 Å². The summed E-state index contributed by atoms with van der Waals surface area (Å²) < 4.78 is 5.49. The molecule has 1 amide bonds. The fourth-order valence-electron chi connectivity index (χ4n) is 3.86. The van der Waals surface area contributed by atoms with Crippen LogP contribution in [0.1, 0.15) is 39.5 Å². The first-order chi connectivity index (χ1) is 12.6. The topological polar surface area (TPSA) is 74.1 Å². The number of fused-ring (bicyclic) bond motifs is 1. The van der Waals surface area contributed by atoms with Gasteiger partial charge >= 0.3 is 0 Å². The van der Waals surface area contributed by atoms with Crippen LogP contribution in [0.4, 0.5) is 5.00 Å². The molecule has 0 radical (unpaired) electrons. The van der Waals surface area contributed by atoms with Gasteiger partial charge in [0.25, 0.3) is 0 Å². The monoisotopic (exact) mass is 367 g/mol. The van der Waals surface area contributed by atoms with Gasteiger partial charge in [-0.15, -0.1) is 11.3 Å². The number of nitrogens with zero attached hydrogens (tertiary/aromatic N) is 1. The van der Waals surface area contributed by atoms with Crippen LogP contribution in [0.15, 0.2) is 18.2 Å². The van der Waals surface area contributed by atoms with E-state index in [2.05, 4.69) is 29.7 Å². The Morgan fingerprint density at radius 3 is 3.08 bits per heavy atom. The van der Waals surface area contributed by atoms with Crippen LogP contribution >= 0.6 is 11.3 Å². The summed E-state index contributed by atoms with van der Waals surface area (Å²) in [4.78, 5) is 13.9. The van der Waals surface area contributed by atoms with Gasteiger partial charge in [-0.3, -0.25) is 4.79 Å². The summed E-state index contributed by atoms with van der Waals surface area (Å²) in [6.07, 6.45) is 1.67. The number of thiophene rings is 1. The van der Waals surface area contributed by atoms with E-state index in [4.69, 9.17) is 4.74 Å². The molecule has 1 aromatic carbocycles. The minimum absolute atomic E-state index is 0.00311. The Morgan fingerprint density at radius 1 is 1.46 bits per heavy atom. The van der Waals surface area contributed by atoms with Gasteiger partial charge in [0.1, 0.15) is 16.8 Å². The van der Waals surface area contributed by atoms with Crippen molar-refractivity contribution in [1.82, 2.24) is 5.32 Å². The first kappa shape index (κ1) is 17.1. The molecule has 1 aromatic heterocycles. The van der Waals surface area contributed by atoms with Gasteiger partial charge in [-0.25, -0.2) is 0 Å².